The van der Waals surface area contributed by atoms with Crippen LogP contribution in [0.1, 0.15) is 24.5 Å². The Bertz CT molecular complexity index is 766. The van der Waals surface area contributed by atoms with E-state index in [1.165, 1.54) is 0 Å². The molecule has 0 aliphatic heterocycles. The fourth-order valence-electron chi connectivity index (χ4n) is 1.88. The van der Waals surface area contributed by atoms with Gasteiger partial charge in [0, 0.05) is 11.6 Å². The van der Waals surface area contributed by atoms with Gasteiger partial charge in [0.05, 0.1) is 17.1 Å². The van der Waals surface area contributed by atoms with E-state index in [9.17, 15) is 0 Å². The van der Waals surface area contributed by atoms with Crippen LogP contribution in [-0.2, 0) is 0 Å². The fraction of sp³-hybridized carbons (Fsp3) is 0.188. The molecule has 106 valence electrons. The molecule has 0 spiro atoms. The average Bonchev–Trinajstić information content (AvgIpc) is 2.97. The summed E-state index contributed by atoms with van der Waals surface area (Å²) < 4.78 is 5.78. The van der Waals surface area contributed by atoms with E-state index >= 15 is 0 Å². The Kier molecular flexibility index (Phi) is 3.92. The molecule has 0 aliphatic carbocycles. The van der Waals surface area contributed by atoms with Crippen LogP contribution in [0.3, 0.4) is 0 Å². The summed E-state index contributed by atoms with van der Waals surface area (Å²) in [6.45, 7) is 3.95. The number of ether oxygens (including phenoxy) is 1. The van der Waals surface area contributed by atoms with E-state index in [1.807, 2.05) is 55.6 Å². The Labute approximate surface area is 127 Å². The lowest BCUT2D eigenvalue weighted by molar-refractivity contribution is 0.232. The van der Waals surface area contributed by atoms with Crippen molar-refractivity contribution in [3.05, 3.63) is 46.5 Å². The Morgan fingerprint density at radius 3 is 2.52 bits per heavy atom. The molecule has 2 heterocycles. The molecule has 3 aromatic rings. The number of benzene rings is 1. The van der Waals surface area contributed by atoms with Gasteiger partial charge in [0.15, 0.2) is 0 Å². The molecular formula is C16H15N3OS. The molecule has 4 nitrogen and oxygen atoms in total. The summed E-state index contributed by atoms with van der Waals surface area (Å²) in [7, 11) is 0. The molecule has 0 amide bonds. The zero-order valence-electron chi connectivity index (χ0n) is 11.9. The third-order valence-electron chi connectivity index (χ3n) is 2.75. The number of para-hydroxylation sites is 2. The zero-order chi connectivity index (χ0) is 14.7. The second kappa shape index (κ2) is 6.01. The van der Waals surface area contributed by atoms with Crippen LogP contribution in [0, 0.1) is 0 Å². The maximum atomic E-state index is 5.78. The van der Waals surface area contributed by atoms with Gasteiger partial charge in [0.25, 0.3) is 0 Å². The molecule has 0 N–H and O–H groups in total. The molecule has 0 saturated carbocycles. The van der Waals surface area contributed by atoms with Crippen molar-refractivity contribution in [3.63, 3.8) is 0 Å². The molecule has 0 aliphatic rings. The Balaban J connectivity index is 2.05. The van der Waals surface area contributed by atoms with E-state index in [-0.39, 0.29) is 6.10 Å². The summed E-state index contributed by atoms with van der Waals surface area (Å²) in [5.74, 6) is 0.552. The molecular weight excluding hydrogens is 282 g/mol. The molecule has 0 unspecified atom stereocenters. The van der Waals surface area contributed by atoms with Gasteiger partial charge < -0.3 is 4.74 Å². The molecule has 0 fully saturated rings. The van der Waals surface area contributed by atoms with Crippen LogP contribution >= 0.6 is 11.3 Å². The molecule has 2 aromatic heterocycles. The fourth-order valence-corrected chi connectivity index (χ4v) is 2.41. The Morgan fingerprint density at radius 1 is 1.10 bits per heavy atom. The summed E-state index contributed by atoms with van der Waals surface area (Å²) >= 11 is 1.58. The topological polar surface area (TPSA) is 47.9 Å². The van der Waals surface area contributed by atoms with E-state index in [2.05, 4.69) is 15.0 Å². The SMILES string of the molecule is CC(C)Oc1nc2ccccc2nc1/C=C/c1nccs1. The quantitative estimate of drug-likeness (QED) is 0.729. The smallest absolute Gasteiger partial charge is 0.240 e. The third kappa shape index (κ3) is 3.25. The predicted molar refractivity (Wildman–Crippen MR) is 86.3 cm³/mol. The van der Waals surface area contributed by atoms with Gasteiger partial charge in [0.2, 0.25) is 5.88 Å². The van der Waals surface area contributed by atoms with E-state index in [1.54, 1.807) is 17.5 Å². The van der Waals surface area contributed by atoms with Crippen LogP contribution in [0.25, 0.3) is 23.2 Å². The molecule has 21 heavy (non-hydrogen) atoms. The van der Waals surface area contributed by atoms with Crippen LogP contribution in [0.5, 0.6) is 5.88 Å². The van der Waals surface area contributed by atoms with Crippen molar-refractivity contribution in [2.45, 2.75) is 20.0 Å². The normalized spacial score (nSPS) is 11.6. The van der Waals surface area contributed by atoms with Crippen LogP contribution in [0.15, 0.2) is 35.8 Å². The minimum atomic E-state index is 0.0486. The summed E-state index contributed by atoms with van der Waals surface area (Å²) in [5, 5.41) is 2.87. The van der Waals surface area contributed by atoms with E-state index < -0.39 is 0 Å². The minimum Gasteiger partial charge on any atom is -0.473 e. The minimum absolute atomic E-state index is 0.0486. The number of aromatic nitrogens is 3. The maximum absolute atomic E-state index is 5.78. The van der Waals surface area contributed by atoms with Crippen molar-refractivity contribution in [1.29, 1.82) is 0 Å². The van der Waals surface area contributed by atoms with E-state index in [4.69, 9.17) is 4.74 Å². The highest BCUT2D eigenvalue weighted by Gasteiger charge is 2.09. The Hall–Kier alpha value is -2.27. The van der Waals surface area contributed by atoms with Gasteiger partial charge in [-0.15, -0.1) is 11.3 Å². The molecule has 3 rings (SSSR count). The zero-order valence-corrected chi connectivity index (χ0v) is 12.7. The maximum Gasteiger partial charge on any atom is 0.240 e. The van der Waals surface area contributed by atoms with Gasteiger partial charge in [-0.25, -0.2) is 15.0 Å². The molecule has 1 aromatic carbocycles. The lowest BCUT2D eigenvalue weighted by Gasteiger charge is -2.11. The van der Waals surface area contributed by atoms with Crippen molar-refractivity contribution in [3.8, 4) is 5.88 Å². The van der Waals surface area contributed by atoms with Crippen molar-refractivity contribution in [2.24, 2.45) is 0 Å². The van der Waals surface area contributed by atoms with Gasteiger partial charge in [-0.3, -0.25) is 0 Å². The second-order valence-corrected chi connectivity index (χ2v) is 5.70. The lowest BCUT2D eigenvalue weighted by Crippen LogP contribution is -2.09. The Morgan fingerprint density at radius 2 is 1.86 bits per heavy atom. The summed E-state index contributed by atoms with van der Waals surface area (Å²) in [6, 6.07) is 7.78. The van der Waals surface area contributed by atoms with Crippen LogP contribution < -0.4 is 4.74 Å². The monoisotopic (exact) mass is 297 g/mol. The summed E-state index contributed by atoms with van der Waals surface area (Å²) in [5.41, 5.74) is 2.41. The number of rotatable bonds is 4. The first-order valence-electron chi connectivity index (χ1n) is 6.73. The predicted octanol–water partition coefficient (Wildman–Crippen LogP) is 4.04. The largest absolute Gasteiger partial charge is 0.473 e. The van der Waals surface area contributed by atoms with E-state index in [0.717, 1.165) is 21.7 Å². The van der Waals surface area contributed by atoms with Crippen LogP contribution in [0.2, 0.25) is 0 Å². The molecule has 0 bridgehead atoms. The first-order chi connectivity index (χ1) is 10.2. The summed E-state index contributed by atoms with van der Waals surface area (Å²) in [4.78, 5) is 13.4. The van der Waals surface area contributed by atoms with Gasteiger partial charge in [-0.05, 0) is 38.1 Å². The molecule has 0 saturated heterocycles. The molecule has 0 atom stereocenters. The lowest BCUT2D eigenvalue weighted by atomic mass is 10.3. The molecule has 5 heteroatoms. The van der Waals surface area contributed by atoms with Crippen molar-refractivity contribution in [1.82, 2.24) is 15.0 Å². The number of hydrogen-bond donors (Lipinski definition) is 0. The number of nitrogens with zero attached hydrogens (tertiary/aromatic N) is 3. The van der Waals surface area contributed by atoms with Gasteiger partial charge in [-0.2, -0.15) is 0 Å². The van der Waals surface area contributed by atoms with Crippen molar-refractivity contribution < 1.29 is 4.74 Å². The number of thiazole rings is 1. The highest BCUT2D eigenvalue weighted by atomic mass is 32.1. The second-order valence-electron chi connectivity index (χ2n) is 4.77. The first kappa shape index (κ1) is 13.7. The highest BCUT2D eigenvalue weighted by Crippen LogP contribution is 2.22. The van der Waals surface area contributed by atoms with E-state index in [0.29, 0.717) is 5.88 Å². The number of hydrogen-bond acceptors (Lipinski definition) is 5. The highest BCUT2D eigenvalue weighted by molar-refractivity contribution is 7.10. The van der Waals surface area contributed by atoms with Crippen LogP contribution in [0.4, 0.5) is 0 Å². The average molecular weight is 297 g/mol. The molecule has 0 radical (unpaired) electrons. The van der Waals surface area contributed by atoms with Gasteiger partial charge in [0.1, 0.15) is 10.7 Å². The van der Waals surface area contributed by atoms with Crippen molar-refractivity contribution >= 4 is 34.5 Å². The van der Waals surface area contributed by atoms with Gasteiger partial charge in [-0.1, -0.05) is 12.1 Å². The first-order valence-corrected chi connectivity index (χ1v) is 7.61. The standard InChI is InChI=1S/C16H15N3OS/c1-11(2)20-16-14(7-8-15-17-9-10-21-15)18-12-5-3-4-6-13(12)19-16/h3-11H,1-2H3/b8-7+. The van der Waals surface area contributed by atoms with Crippen molar-refractivity contribution in [2.75, 3.05) is 0 Å². The summed E-state index contributed by atoms with van der Waals surface area (Å²) in [6.07, 6.45) is 5.65. The van der Waals surface area contributed by atoms with Gasteiger partial charge >= 0.3 is 0 Å². The third-order valence-corrected chi connectivity index (χ3v) is 3.49. The number of fused-ring (bicyclic) bond motifs is 1. The van der Waals surface area contributed by atoms with Crippen LogP contribution in [-0.4, -0.2) is 21.1 Å².